The van der Waals surface area contributed by atoms with Gasteiger partial charge < -0.3 is 9.40 Å². The van der Waals surface area contributed by atoms with Gasteiger partial charge in [0.25, 0.3) is 5.56 Å². The van der Waals surface area contributed by atoms with Crippen molar-refractivity contribution in [2.24, 2.45) is 0 Å². The quantitative estimate of drug-likeness (QED) is 0.514. The lowest BCUT2D eigenvalue weighted by Gasteiger charge is -1.96. The molecule has 0 aliphatic heterocycles. The molecular formula is C14H6BrClN2O2S. The lowest BCUT2D eigenvalue weighted by Crippen LogP contribution is -2.07. The first-order valence-corrected chi connectivity index (χ1v) is 7.98. The molecule has 0 spiro atoms. The lowest BCUT2D eigenvalue weighted by molar-refractivity contribution is 0.661. The van der Waals surface area contributed by atoms with Gasteiger partial charge in [0.15, 0.2) is 5.82 Å². The maximum absolute atomic E-state index is 12.2. The summed E-state index contributed by atoms with van der Waals surface area (Å²) in [6, 6.07) is 9.16. The van der Waals surface area contributed by atoms with Gasteiger partial charge in [-0.05, 0) is 30.3 Å². The first-order valence-electron chi connectivity index (χ1n) is 5.99. The van der Waals surface area contributed by atoms with Gasteiger partial charge in [-0.3, -0.25) is 4.79 Å². The van der Waals surface area contributed by atoms with Crippen LogP contribution in [0.1, 0.15) is 0 Å². The van der Waals surface area contributed by atoms with Gasteiger partial charge in [0, 0.05) is 9.86 Å². The van der Waals surface area contributed by atoms with Gasteiger partial charge in [-0.2, -0.15) is 0 Å². The summed E-state index contributed by atoms with van der Waals surface area (Å²) in [5, 5.41) is 0.800. The van der Waals surface area contributed by atoms with Crippen LogP contribution in [0.5, 0.6) is 0 Å². The van der Waals surface area contributed by atoms with E-state index in [2.05, 4.69) is 25.9 Å². The third-order valence-corrected chi connectivity index (χ3v) is 4.82. The first kappa shape index (κ1) is 13.1. The lowest BCUT2D eigenvalue weighted by atomic mass is 10.2. The smallest absolute Gasteiger partial charge is 0.294 e. The molecule has 0 saturated carbocycles. The molecule has 0 bridgehead atoms. The molecule has 0 saturated heterocycles. The standard InChI is InChI=1S/C14H6BrClN2O2S/c15-6-1-2-8-7(5-6)11-12(20-8)14(19)18-13(17-11)9-3-4-10(16)21-9/h1-5H,(H,17,18,19). The minimum absolute atomic E-state index is 0.231. The predicted octanol–water partition coefficient (Wildman–Crippen LogP) is 4.81. The Kier molecular flexibility index (Phi) is 2.92. The molecule has 0 unspecified atom stereocenters. The molecule has 0 radical (unpaired) electrons. The average molecular weight is 382 g/mol. The zero-order valence-electron chi connectivity index (χ0n) is 10.3. The minimum Gasteiger partial charge on any atom is -0.449 e. The highest BCUT2D eigenvalue weighted by Crippen LogP contribution is 2.32. The Morgan fingerprint density at radius 3 is 2.90 bits per heavy atom. The van der Waals surface area contributed by atoms with Crippen LogP contribution >= 0.6 is 38.9 Å². The van der Waals surface area contributed by atoms with Crippen LogP contribution in [0.4, 0.5) is 0 Å². The molecule has 1 aromatic carbocycles. The number of nitrogens with zero attached hydrogens (tertiary/aromatic N) is 1. The number of hydrogen-bond acceptors (Lipinski definition) is 4. The summed E-state index contributed by atoms with van der Waals surface area (Å²) in [4.78, 5) is 20.3. The van der Waals surface area contributed by atoms with Gasteiger partial charge in [-0.1, -0.05) is 27.5 Å². The van der Waals surface area contributed by atoms with Gasteiger partial charge in [0.05, 0.1) is 9.21 Å². The number of rotatable bonds is 1. The van der Waals surface area contributed by atoms with E-state index in [1.807, 2.05) is 24.3 Å². The molecule has 0 aliphatic carbocycles. The minimum atomic E-state index is -0.299. The Hall–Kier alpha value is -1.63. The van der Waals surface area contributed by atoms with E-state index in [4.69, 9.17) is 16.0 Å². The van der Waals surface area contributed by atoms with Crippen LogP contribution in [0.25, 0.3) is 32.8 Å². The van der Waals surface area contributed by atoms with Crippen LogP contribution < -0.4 is 5.56 Å². The molecule has 3 heterocycles. The van der Waals surface area contributed by atoms with Gasteiger partial charge in [0.1, 0.15) is 11.1 Å². The van der Waals surface area contributed by atoms with Crippen LogP contribution in [-0.2, 0) is 0 Å². The monoisotopic (exact) mass is 380 g/mol. The van der Waals surface area contributed by atoms with E-state index >= 15 is 0 Å². The fourth-order valence-electron chi connectivity index (χ4n) is 2.18. The molecule has 4 nitrogen and oxygen atoms in total. The van der Waals surface area contributed by atoms with E-state index in [1.165, 1.54) is 11.3 Å². The van der Waals surface area contributed by atoms with Gasteiger partial charge in [0.2, 0.25) is 5.58 Å². The summed E-state index contributed by atoms with van der Waals surface area (Å²) < 4.78 is 7.13. The number of benzene rings is 1. The Morgan fingerprint density at radius 1 is 1.29 bits per heavy atom. The SMILES string of the molecule is O=c1[nH]c(-c2ccc(Cl)s2)nc2c1oc1ccc(Br)cc12. The molecule has 0 amide bonds. The van der Waals surface area contributed by atoms with Crippen LogP contribution in [0, 0.1) is 0 Å². The average Bonchev–Trinajstić information content (AvgIpc) is 3.03. The molecular weight excluding hydrogens is 376 g/mol. The van der Waals surface area contributed by atoms with E-state index < -0.39 is 0 Å². The molecule has 104 valence electrons. The Bertz CT molecular complexity index is 1050. The molecule has 4 aromatic rings. The van der Waals surface area contributed by atoms with Crippen molar-refractivity contribution in [1.82, 2.24) is 9.97 Å². The van der Waals surface area contributed by atoms with E-state index in [0.29, 0.717) is 21.3 Å². The second kappa shape index (κ2) is 4.69. The maximum Gasteiger partial charge on any atom is 0.294 e. The largest absolute Gasteiger partial charge is 0.449 e. The number of thiophene rings is 1. The zero-order chi connectivity index (χ0) is 14.6. The van der Waals surface area contributed by atoms with E-state index in [0.717, 1.165) is 14.7 Å². The van der Waals surface area contributed by atoms with Crippen molar-refractivity contribution in [1.29, 1.82) is 0 Å². The number of H-pyrrole nitrogens is 1. The molecule has 3 aromatic heterocycles. The summed E-state index contributed by atoms with van der Waals surface area (Å²) in [7, 11) is 0. The van der Waals surface area contributed by atoms with Crippen molar-refractivity contribution < 1.29 is 4.42 Å². The van der Waals surface area contributed by atoms with Crippen molar-refractivity contribution in [3.8, 4) is 10.7 Å². The Labute approximate surface area is 135 Å². The predicted molar refractivity (Wildman–Crippen MR) is 88.2 cm³/mol. The van der Waals surface area contributed by atoms with Crippen LogP contribution in [0.2, 0.25) is 4.34 Å². The summed E-state index contributed by atoms with van der Waals surface area (Å²) in [6.07, 6.45) is 0. The second-order valence-electron chi connectivity index (χ2n) is 4.44. The van der Waals surface area contributed by atoms with E-state index in [-0.39, 0.29) is 11.1 Å². The number of furan rings is 1. The zero-order valence-corrected chi connectivity index (χ0v) is 13.5. The number of aromatic amines is 1. The molecule has 7 heteroatoms. The van der Waals surface area contributed by atoms with Gasteiger partial charge >= 0.3 is 0 Å². The molecule has 0 atom stereocenters. The van der Waals surface area contributed by atoms with Gasteiger partial charge in [-0.15, -0.1) is 11.3 Å². The molecule has 4 rings (SSSR count). The van der Waals surface area contributed by atoms with Crippen LogP contribution in [0.3, 0.4) is 0 Å². The number of aromatic nitrogens is 2. The van der Waals surface area contributed by atoms with Crippen molar-refractivity contribution in [3.05, 3.63) is 49.5 Å². The normalized spacial score (nSPS) is 11.5. The topological polar surface area (TPSA) is 58.9 Å². The van der Waals surface area contributed by atoms with Crippen LogP contribution in [0.15, 0.2) is 44.0 Å². The summed E-state index contributed by atoms with van der Waals surface area (Å²) in [6.45, 7) is 0. The number of hydrogen-bond donors (Lipinski definition) is 1. The molecule has 21 heavy (non-hydrogen) atoms. The van der Waals surface area contributed by atoms with Crippen molar-refractivity contribution >= 4 is 60.9 Å². The molecule has 1 N–H and O–H groups in total. The summed E-state index contributed by atoms with van der Waals surface area (Å²) in [5.74, 6) is 0.493. The van der Waals surface area contributed by atoms with Crippen molar-refractivity contribution in [2.45, 2.75) is 0 Å². The fourth-order valence-corrected chi connectivity index (χ4v) is 3.53. The van der Waals surface area contributed by atoms with E-state index in [1.54, 1.807) is 6.07 Å². The summed E-state index contributed by atoms with van der Waals surface area (Å²) >= 11 is 10.7. The highest BCUT2D eigenvalue weighted by molar-refractivity contribution is 9.10. The number of fused-ring (bicyclic) bond motifs is 3. The van der Waals surface area contributed by atoms with Gasteiger partial charge in [-0.25, -0.2) is 4.98 Å². The fraction of sp³-hybridized carbons (Fsp3) is 0. The Morgan fingerprint density at radius 2 is 2.14 bits per heavy atom. The highest BCUT2D eigenvalue weighted by atomic mass is 79.9. The molecule has 0 aliphatic rings. The third-order valence-electron chi connectivity index (χ3n) is 3.09. The van der Waals surface area contributed by atoms with E-state index in [9.17, 15) is 4.79 Å². The number of nitrogens with one attached hydrogen (secondary N) is 1. The van der Waals surface area contributed by atoms with Crippen molar-refractivity contribution in [3.63, 3.8) is 0 Å². The van der Waals surface area contributed by atoms with Crippen LogP contribution in [-0.4, -0.2) is 9.97 Å². The third kappa shape index (κ3) is 2.10. The Balaban J connectivity index is 2.10. The maximum atomic E-state index is 12.2. The molecule has 0 fully saturated rings. The number of halogens is 2. The first-order chi connectivity index (χ1) is 10.1. The van der Waals surface area contributed by atoms with Crippen molar-refractivity contribution in [2.75, 3.05) is 0 Å². The highest BCUT2D eigenvalue weighted by Gasteiger charge is 2.15. The second-order valence-corrected chi connectivity index (χ2v) is 7.07. The summed E-state index contributed by atoms with van der Waals surface area (Å²) in [5.41, 5.74) is 1.11.